The van der Waals surface area contributed by atoms with Gasteiger partial charge in [-0.15, -0.1) is 0 Å². The quantitative estimate of drug-likeness (QED) is 0.456. The van der Waals surface area contributed by atoms with Crippen LogP contribution in [-0.2, 0) is 0 Å². The fourth-order valence-corrected chi connectivity index (χ4v) is 7.02. The predicted molar refractivity (Wildman–Crippen MR) is 118 cm³/mol. The van der Waals surface area contributed by atoms with Crippen molar-refractivity contribution < 1.29 is 23.4 Å². The highest BCUT2D eigenvalue weighted by Crippen LogP contribution is 2.58. The molecule has 0 aliphatic heterocycles. The van der Waals surface area contributed by atoms with Gasteiger partial charge in [-0.25, -0.2) is 0 Å². The van der Waals surface area contributed by atoms with Gasteiger partial charge in [-0.1, -0.05) is 51.7 Å². The largest absolute Gasteiger partial charge is 0.414 e. The molecule has 0 aromatic heterocycles. The number of halogens is 3. The van der Waals surface area contributed by atoms with Crippen LogP contribution >= 0.6 is 0 Å². The van der Waals surface area contributed by atoms with Crippen LogP contribution in [0.15, 0.2) is 11.6 Å². The van der Waals surface area contributed by atoms with Gasteiger partial charge in [-0.3, -0.25) is 0 Å². The molecule has 3 aliphatic carbocycles. The minimum absolute atomic E-state index is 0.182. The van der Waals surface area contributed by atoms with Gasteiger partial charge in [0, 0.05) is 0 Å². The molecule has 180 valence electrons. The Balaban J connectivity index is 1.66. The number of rotatable bonds is 4. The molecule has 0 spiro atoms. The summed E-state index contributed by atoms with van der Waals surface area (Å²) in [4.78, 5) is 0. The Morgan fingerprint density at radius 3 is 2.48 bits per heavy atom. The summed E-state index contributed by atoms with van der Waals surface area (Å²) < 4.78 is 38.1. The molecule has 0 unspecified atom stereocenters. The van der Waals surface area contributed by atoms with Gasteiger partial charge in [0.2, 0.25) is 0 Å². The summed E-state index contributed by atoms with van der Waals surface area (Å²) in [6.07, 6.45) is 5.38. The van der Waals surface area contributed by atoms with Crippen LogP contribution < -0.4 is 0 Å². The first-order valence-corrected chi connectivity index (χ1v) is 12.5. The zero-order valence-electron chi connectivity index (χ0n) is 19.8. The number of hydrogen-bond acceptors (Lipinski definition) is 2. The Morgan fingerprint density at radius 2 is 1.81 bits per heavy atom. The van der Waals surface area contributed by atoms with Crippen molar-refractivity contribution in [1.29, 1.82) is 0 Å². The van der Waals surface area contributed by atoms with Crippen molar-refractivity contribution in [2.75, 3.05) is 0 Å². The second kappa shape index (κ2) is 9.37. The minimum Gasteiger partial charge on any atom is -0.390 e. The Bertz CT molecular complexity index is 641. The molecule has 0 aromatic rings. The standard InChI is InChI=1S/C26H43F3O2/c1-17(9-13-23(30)26(27,28)29)19-6-5-7-22-21(18(2)8-10-19)12-11-20-16-24(3,31)14-15-25(20,22)4/h11,17-19,21-23,30-31H,5-10,12-16H2,1-4H3/t17-,18+,19-,21+,22+,23+,24+,25+/m1/s1. The van der Waals surface area contributed by atoms with Crippen molar-refractivity contribution in [3.63, 3.8) is 0 Å². The number of aliphatic hydroxyl groups excluding tert-OH is 1. The first kappa shape index (κ1) is 25.1. The van der Waals surface area contributed by atoms with Crippen LogP contribution in [0.5, 0.6) is 0 Å². The lowest BCUT2D eigenvalue weighted by Gasteiger charge is -2.53. The molecule has 2 saturated carbocycles. The van der Waals surface area contributed by atoms with Crippen LogP contribution in [0.2, 0.25) is 0 Å². The maximum Gasteiger partial charge on any atom is 0.414 e. The number of allylic oxidation sites excluding steroid dienone is 1. The van der Waals surface area contributed by atoms with Gasteiger partial charge in [0.1, 0.15) is 6.10 Å². The molecule has 0 amide bonds. The second-order valence-electron chi connectivity index (χ2n) is 11.7. The lowest BCUT2D eigenvalue weighted by atomic mass is 9.52. The van der Waals surface area contributed by atoms with E-state index >= 15 is 0 Å². The van der Waals surface area contributed by atoms with E-state index in [-0.39, 0.29) is 17.8 Å². The molecular formula is C26H43F3O2. The molecule has 2 N–H and O–H groups in total. The third-order valence-corrected chi connectivity index (χ3v) is 9.35. The number of alkyl halides is 3. The smallest absolute Gasteiger partial charge is 0.390 e. The highest BCUT2D eigenvalue weighted by atomic mass is 19.4. The van der Waals surface area contributed by atoms with E-state index in [2.05, 4.69) is 26.8 Å². The van der Waals surface area contributed by atoms with Crippen LogP contribution in [0, 0.1) is 35.0 Å². The summed E-state index contributed by atoms with van der Waals surface area (Å²) in [6.45, 7) is 8.84. The van der Waals surface area contributed by atoms with Crippen LogP contribution in [0.25, 0.3) is 0 Å². The van der Waals surface area contributed by atoms with Crippen LogP contribution in [0.4, 0.5) is 13.2 Å². The molecule has 8 atom stereocenters. The van der Waals surface area contributed by atoms with Crippen molar-refractivity contribution in [3.05, 3.63) is 11.6 Å². The fourth-order valence-electron chi connectivity index (χ4n) is 7.02. The van der Waals surface area contributed by atoms with E-state index in [1.807, 2.05) is 6.92 Å². The fraction of sp³-hybridized carbons (Fsp3) is 0.923. The van der Waals surface area contributed by atoms with Crippen molar-refractivity contribution >= 4 is 0 Å². The third kappa shape index (κ3) is 5.69. The van der Waals surface area contributed by atoms with Gasteiger partial charge < -0.3 is 10.2 Å². The summed E-state index contributed by atoms with van der Waals surface area (Å²) in [5.41, 5.74) is 1.06. The minimum atomic E-state index is -4.51. The van der Waals surface area contributed by atoms with E-state index in [9.17, 15) is 23.4 Å². The van der Waals surface area contributed by atoms with E-state index in [1.165, 1.54) is 12.0 Å². The Kier molecular flexibility index (Phi) is 7.58. The van der Waals surface area contributed by atoms with Crippen molar-refractivity contribution in [3.8, 4) is 0 Å². The van der Waals surface area contributed by atoms with Gasteiger partial charge in [0.25, 0.3) is 0 Å². The summed E-state index contributed by atoms with van der Waals surface area (Å²) in [5.74, 6) is 2.56. The summed E-state index contributed by atoms with van der Waals surface area (Å²) >= 11 is 0. The van der Waals surface area contributed by atoms with Gasteiger partial charge >= 0.3 is 6.18 Å². The lowest BCUT2D eigenvalue weighted by Crippen LogP contribution is -2.46. The zero-order chi connectivity index (χ0) is 23.0. The highest BCUT2D eigenvalue weighted by Gasteiger charge is 2.50. The average Bonchev–Trinajstić information content (AvgIpc) is 2.75. The Labute approximate surface area is 186 Å². The molecule has 0 heterocycles. The second-order valence-corrected chi connectivity index (χ2v) is 11.7. The first-order chi connectivity index (χ1) is 14.3. The topological polar surface area (TPSA) is 40.5 Å². The van der Waals surface area contributed by atoms with Crippen molar-refractivity contribution in [2.45, 2.75) is 116 Å². The van der Waals surface area contributed by atoms with E-state index < -0.39 is 17.9 Å². The molecular weight excluding hydrogens is 401 g/mol. The molecule has 3 rings (SSSR count). The van der Waals surface area contributed by atoms with E-state index in [0.29, 0.717) is 30.1 Å². The highest BCUT2D eigenvalue weighted by molar-refractivity contribution is 5.25. The van der Waals surface area contributed by atoms with Crippen LogP contribution in [-0.4, -0.2) is 28.1 Å². The van der Waals surface area contributed by atoms with E-state index in [4.69, 9.17) is 0 Å². The molecule has 5 heteroatoms. The maximum atomic E-state index is 12.7. The van der Waals surface area contributed by atoms with Crippen molar-refractivity contribution in [2.24, 2.45) is 35.0 Å². The molecule has 0 radical (unpaired) electrons. The lowest BCUT2D eigenvalue weighted by molar-refractivity contribution is -0.206. The number of aliphatic hydroxyl groups is 2. The van der Waals surface area contributed by atoms with Crippen LogP contribution in [0.1, 0.15) is 98.3 Å². The first-order valence-electron chi connectivity index (χ1n) is 12.5. The summed E-state index contributed by atoms with van der Waals surface area (Å²) in [7, 11) is 0. The molecule has 31 heavy (non-hydrogen) atoms. The Morgan fingerprint density at radius 1 is 1.10 bits per heavy atom. The molecule has 3 aliphatic rings. The third-order valence-electron chi connectivity index (χ3n) is 9.35. The molecule has 0 bridgehead atoms. The number of hydrogen-bond donors (Lipinski definition) is 2. The van der Waals surface area contributed by atoms with Gasteiger partial charge in [-0.05, 0) is 93.3 Å². The number of fused-ring (bicyclic) bond motifs is 3. The van der Waals surface area contributed by atoms with E-state index in [1.54, 1.807) is 0 Å². The summed E-state index contributed by atoms with van der Waals surface area (Å²) in [6, 6.07) is 0. The van der Waals surface area contributed by atoms with Crippen molar-refractivity contribution in [1.82, 2.24) is 0 Å². The molecule has 2 fully saturated rings. The average molecular weight is 445 g/mol. The zero-order valence-corrected chi connectivity index (χ0v) is 19.8. The normalized spacial score (nSPS) is 41.6. The van der Waals surface area contributed by atoms with Gasteiger partial charge in [0.05, 0.1) is 5.60 Å². The Hall–Kier alpha value is -0.550. The SMILES string of the molecule is C[C@H](CC[C@H](O)C(F)(F)F)[C@@H]1CCC[C@H]2[C@@H](CC=C3C[C@@](C)(O)CC[C@@]32C)[C@@H](C)CC1. The van der Waals surface area contributed by atoms with Gasteiger partial charge in [0.15, 0.2) is 0 Å². The predicted octanol–water partition coefficient (Wildman–Crippen LogP) is 7.05. The maximum absolute atomic E-state index is 12.7. The van der Waals surface area contributed by atoms with Gasteiger partial charge in [-0.2, -0.15) is 13.2 Å². The summed E-state index contributed by atoms with van der Waals surface area (Å²) in [5, 5.41) is 20.0. The molecule has 0 aromatic carbocycles. The molecule has 0 saturated heterocycles. The molecule has 2 nitrogen and oxygen atoms in total. The van der Waals surface area contributed by atoms with E-state index in [0.717, 1.165) is 51.4 Å². The van der Waals surface area contributed by atoms with Crippen LogP contribution in [0.3, 0.4) is 0 Å². The monoisotopic (exact) mass is 444 g/mol.